The van der Waals surface area contributed by atoms with Crippen LogP contribution in [-0.4, -0.2) is 26.0 Å². The van der Waals surface area contributed by atoms with Crippen LogP contribution in [-0.2, 0) is 0 Å². The van der Waals surface area contributed by atoms with Gasteiger partial charge in [0.25, 0.3) is 0 Å². The summed E-state index contributed by atoms with van der Waals surface area (Å²) in [5.74, 6) is 1.60. The van der Waals surface area contributed by atoms with Gasteiger partial charge in [0.15, 0.2) is 0 Å². The zero-order chi connectivity index (χ0) is 12.6. The molecule has 1 atom stereocenters. The molecule has 1 N–H and O–H groups in total. The van der Waals surface area contributed by atoms with Crippen molar-refractivity contribution in [2.24, 2.45) is 5.92 Å². The van der Waals surface area contributed by atoms with E-state index in [1.807, 2.05) is 12.1 Å². The minimum Gasteiger partial charge on any atom is -0.494 e. The van der Waals surface area contributed by atoms with Crippen molar-refractivity contribution in [3.63, 3.8) is 0 Å². The zero-order valence-electron chi connectivity index (χ0n) is 10.7. The van der Waals surface area contributed by atoms with E-state index in [9.17, 15) is 4.79 Å². The van der Waals surface area contributed by atoms with E-state index >= 15 is 0 Å². The number of aldehydes is 1. The van der Waals surface area contributed by atoms with Gasteiger partial charge in [-0.3, -0.25) is 4.79 Å². The van der Waals surface area contributed by atoms with Gasteiger partial charge in [0.2, 0.25) is 0 Å². The third-order valence-electron chi connectivity index (χ3n) is 3.42. The number of nitrogens with one attached hydrogen (secondary N) is 1. The van der Waals surface area contributed by atoms with Crippen LogP contribution in [0.15, 0.2) is 24.3 Å². The molecule has 1 aromatic carbocycles. The Kier molecular flexibility index (Phi) is 5.21. The van der Waals surface area contributed by atoms with Crippen LogP contribution < -0.4 is 10.1 Å². The summed E-state index contributed by atoms with van der Waals surface area (Å²) in [4.78, 5) is 10.6. The minimum absolute atomic E-state index is 0.670. The Morgan fingerprint density at radius 3 is 3.17 bits per heavy atom. The van der Waals surface area contributed by atoms with E-state index in [2.05, 4.69) is 5.32 Å². The summed E-state index contributed by atoms with van der Waals surface area (Å²) in [6, 6.07) is 7.32. The molecule has 1 aliphatic rings. The van der Waals surface area contributed by atoms with Crippen LogP contribution in [0.1, 0.15) is 36.0 Å². The second-order valence-corrected chi connectivity index (χ2v) is 4.89. The molecule has 0 saturated carbocycles. The van der Waals surface area contributed by atoms with Crippen LogP contribution in [0, 0.1) is 5.92 Å². The largest absolute Gasteiger partial charge is 0.494 e. The molecule has 1 aliphatic heterocycles. The second kappa shape index (κ2) is 7.17. The molecular weight excluding hydrogens is 226 g/mol. The Labute approximate surface area is 109 Å². The molecule has 1 fully saturated rings. The molecule has 3 nitrogen and oxygen atoms in total. The maximum absolute atomic E-state index is 10.6. The van der Waals surface area contributed by atoms with Crippen molar-refractivity contribution in [2.75, 3.05) is 19.7 Å². The molecule has 3 heteroatoms. The lowest BCUT2D eigenvalue weighted by molar-refractivity contribution is 0.112. The van der Waals surface area contributed by atoms with Crippen molar-refractivity contribution in [1.82, 2.24) is 5.32 Å². The highest BCUT2D eigenvalue weighted by atomic mass is 16.5. The highest BCUT2D eigenvalue weighted by molar-refractivity contribution is 5.75. The van der Waals surface area contributed by atoms with E-state index in [1.54, 1.807) is 12.1 Å². The van der Waals surface area contributed by atoms with E-state index in [0.29, 0.717) is 5.56 Å². The van der Waals surface area contributed by atoms with Crippen LogP contribution in [0.25, 0.3) is 0 Å². The average molecular weight is 247 g/mol. The molecule has 18 heavy (non-hydrogen) atoms. The first kappa shape index (κ1) is 13.1. The van der Waals surface area contributed by atoms with Crippen LogP contribution in [0.3, 0.4) is 0 Å². The quantitative estimate of drug-likeness (QED) is 0.620. The minimum atomic E-state index is 0.670. The molecule has 0 aromatic heterocycles. The Bertz CT molecular complexity index is 373. The van der Waals surface area contributed by atoms with Crippen molar-refractivity contribution < 1.29 is 9.53 Å². The third kappa shape index (κ3) is 4.15. The van der Waals surface area contributed by atoms with Gasteiger partial charge < -0.3 is 10.1 Å². The van der Waals surface area contributed by atoms with Crippen molar-refractivity contribution in [3.8, 4) is 5.75 Å². The maximum Gasteiger partial charge on any atom is 0.150 e. The molecule has 98 valence electrons. The molecule has 1 aromatic rings. The van der Waals surface area contributed by atoms with Crippen LogP contribution in [0.5, 0.6) is 5.75 Å². The lowest BCUT2D eigenvalue weighted by atomic mass is 9.95. The fourth-order valence-corrected chi connectivity index (χ4v) is 2.41. The van der Waals surface area contributed by atoms with E-state index in [4.69, 9.17) is 4.74 Å². The van der Waals surface area contributed by atoms with E-state index in [-0.39, 0.29) is 0 Å². The van der Waals surface area contributed by atoms with Crippen LogP contribution >= 0.6 is 0 Å². The summed E-state index contributed by atoms with van der Waals surface area (Å²) in [7, 11) is 0. The molecule has 0 bridgehead atoms. The maximum atomic E-state index is 10.6. The molecule has 2 rings (SSSR count). The fraction of sp³-hybridized carbons (Fsp3) is 0.533. The smallest absolute Gasteiger partial charge is 0.150 e. The summed E-state index contributed by atoms with van der Waals surface area (Å²) in [5.41, 5.74) is 0.670. The molecule has 0 spiro atoms. The van der Waals surface area contributed by atoms with Gasteiger partial charge in [-0.25, -0.2) is 0 Å². The first-order chi connectivity index (χ1) is 8.88. The number of carbonyl (C=O) groups is 1. The third-order valence-corrected chi connectivity index (χ3v) is 3.42. The molecule has 1 heterocycles. The lowest BCUT2D eigenvalue weighted by Gasteiger charge is -2.22. The van der Waals surface area contributed by atoms with Gasteiger partial charge in [-0.2, -0.15) is 0 Å². The Morgan fingerprint density at radius 1 is 1.44 bits per heavy atom. The number of piperidine rings is 1. The number of benzene rings is 1. The predicted octanol–water partition coefficient (Wildman–Crippen LogP) is 2.66. The Morgan fingerprint density at radius 2 is 2.39 bits per heavy atom. The summed E-state index contributed by atoms with van der Waals surface area (Å²) >= 11 is 0. The van der Waals surface area contributed by atoms with E-state index < -0.39 is 0 Å². The summed E-state index contributed by atoms with van der Waals surface area (Å²) in [6.45, 7) is 3.06. The zero-order valence-corrected chi connectivity index (χ0v) is 10.7. The fourth-order valence-electron chi connectivity index (χ4n) is 2.41. The summed E-state index contributed by atoms with van der Waals surface area (Å²) in [5, 5.41) is 3.43. The average Bonchev–Trinajstić information content (AvgIpc) is 2.45. The van der Waals surface area contributed by atoms with Crippen molar-refractivity contribution in [3.05, 3.63) is 29.8 Å². The summed E-state index contributed by atoms with van der Waals surface area (Å²) in [6.07, 6.45) is 5.79. The van der Waals surface area contributed by atoms with Gasteiger partial charge in [0.1, 0.15) is 12.0 Å². The van der Waals surface area contributed by atoms with E-state index in [1.165, 1.54) is 25.8 Å². The lowest BCUT2D eigenvalue weighted by Crippen LogP contribution is -2.29. The number of carbonyl (C=O) groups excluding carboxylic acids is 1. The topological polar surface area (TPSA) is 38.3 Å². The van der Waals surface area contributed by atoms with Gasteiger partial charge in [-0.15, -0.1) is 0 Å². The monoisotopic (exact) mass is 247 g/mol. The number of hydrogen-bond acceptors (Lipinski definition) is 3. The highest BCUT2D eigenvalue weighted by Crippen LogP contribution is 2.17. The number of rotatable bonds is 6. The molecule has 0 aliphatic carbocycles. The number of ether oxygens (including phenoxy) is 1. The van der Waals surface area contributed by atoms with Gasteiger partial charge >= 0.3 is 0 Å². The highest BCUT2D eigenvalue weighted by Gasteiger charge is 2.12. The molecule has 0 amide bonds. The standard InChI is InChI=1S/C15H21NO2/c17-12-14-4-1-7-15(10-14)18-9-3-6-13-5-2-8-16-11-13/h1,4,7,10,12-13,16H,2-3,5-6,8-9,11H2. The molecule has 0 radical (unpaired) electrons. The number of hydrogen-bond donors (Lipinski definition) is 1. The SMILES string of the molecule is O=Cc1cccc(OCCCC2CCCNC2)c1. The van der Waals surface area contributed by atoms with E-state index in [0.717, 1.165) is 37.5 Å². The predicted molar refractivity (Wildman–Crippen MR) is 72.2 cm³/mol. The van der Waals surface area contributed by atoms with Crippen molar-refractivity contribution in [2.45, 2.75) is 25.7 Å². The van der Waals surface area contributed by atoms with Crippen molar-refractivity contribution >= 4 is 6.29 Å². The second-order valence-electron chi connectivity index (χ2n) is 4.89. The van der Waals surface area contributed by atoms with Crippen LogP contribution in [0.2, 0.25) is 0 Å². The van der Waals surface area contributed by atoms with Gasteiger partial charge in [-0.1, -0.05) is 12.1 Å². The first-order valence-corrected chi connectivity index (χ1v) is 6.77. The van der Waals surface area contributed by atoms with Crippen molar-refractivity contribution in [1.29, 1.82) is 0 Å². The van der Waals surface area contributed by atoms with Crippen LogP contribution in [0.4, 0.5) is 0 Å². The summed E-state index contributed by atoms with van der Waals surface area (Å²) < 4.78 is 5.66. The Hall–Kier alpha value is -1.35. The van der Waals surface area contributed by atoms with Gasteiger partial charge in [0, 0.05) is 5.56 Å². The van der Waals surface area contributed by atoms with Gasteiger partial charge in [-0.05, 0) is 56.8 Å². The molecular formula is C15H21NO2. The molecule has 1 saturated heterocycles. The van der Waals surface area contributed by atoms with Gasteiger partial charge in [0.05, 0.1) is 6.61 Å². The molecule has 1 unspecified atom stereocenters. The normalized spacial score (nSPS) is 19.4. The Balaban J connectivity index is 1.66. The first-order valence-electron chi connectivity index (χ1n) is 6.77.